The van der Waals surface area contributed by atoms with Gasteiger partial charge in [-0.15, -0.1) is 0 Å². The third kappa shape index (κ3) is 5.33. The van der Waals surface area contributed by atoms with E-state index in [1.54, 1.807) is 19.6 Å². The number of aryl methyl sites for hydroxylation is 1. The van der Waals surface area contributed by atoms with Crippen LogP contribution in [0.2, 0.25) is 0 Å². The fourth-order valence-corrected chi connectivity index (χ4v) is 3.99. The Morgan fingerprint density at radius 1 is 0.914 bits per heavy atom. The maximum atomic E-state index is 5.49. The summed E-state index contributed by atoms with van der Waals surface area (Å²) in [7, 11) is 1.71. The third-order valence-electron chi connectivity index (χ3n) is 5.81. The van der Waals surface area contributed by atoms with E-state index >= 15 is 0 Å². The lowest BCUT2D eigenvalue weighted by Gasteiger charge is -2.41. The molecule has 0 bridgehead atoms. The van der Waals surface area contributed by atoms with Gasteiger partial charge in [0.05, 0.1) is 12.6 Å². The first-order valence-electron chi connectivity index (χ1n) is 11.4. The molecule has 0 N–H and O–H groups in total. The molecular formula is C25H27N9O. The molecule has 0 radical (unpaired) electrons. The van der Waals surface area contributed by atoms with E-state index in [-0.39, 0.29) is 6.04 Å². The highest BCUT2D eigenvalue weighted by Crippen LogP contribution is 2.20. The van der Waals surface area contributed by atoms with Crippen molar-refractivity contribution >= 4 is 24.0 Å². The predicted molar refractivity (Wildman–Crippen MR) is 134 cm³/mol. The second kappa shape index (κ2) is 10.4. The summed E-state index contributed by atoms with van der Waals surface area (Å²) >= 11 is 0. The van der Waals surface area contributed by atoms with Gasteiger partial charge in [0.25, 0.3) is 0 Å². The van der Waals surface area contributed by atoms with Crippen LogP contribution in [0.3, 0.4) is 0 Å². The van der Waals surface area contributed by atoms with Crippen molar-refractivity contribution in [3.05, 3.63) is 78.5 Å². The molecule has 1 fully saturated rings. The van der Waals surface area contributed by atoms with Crippen LogP contribution in [0.25, 0.3) is 18.0 Å². The Morgan fingerprint density at radius 2 is 1.66 bits per heavy atom. The highest BCUT2D eigenvalue weighted by Gasteiger charge is 2.30. The first-order valence-corrected chi connectivity index (χ1v) is 11.4. The molecule has 0 saturated carbocycles. The van der Waals surface area contributed by atoms with Gasteiger partial charge >= 0.3 is 0 Å². The van der Waals surface area contributed by atoms with Crippen molar-refractivity contribution in [2.45, 2.75) is 13.0 Å². The molecule has 4 aromatic rings. The molecule has 5 rings (SSSR count). The number of nitrogens with zero attached hydrogens (tertiary/aromatic N) is 9. The molecule has 5 heterocycles. The summed E-state index contributed by atoms with van der Waals surface area (Å²) in [6.45, 7) is 4.84. The van der Waals surface area contributed by atoms with E-state index in [4.69, 9.17) is 4.74 Å². The lowest BCUT2D eigenvalue weighted by Crippen LogP contribution is -2.56. The largest absolute Gasteiger partial charge is 0.382 e. The zero-order chi connectivity index (χ0) is 24.0. The number of imidazole rings is 1. The van der Waals surface area contributed by atoms with Gasteiger partial charge in [-0.05, 0) is 30.2 Å². The second-order valence-electron chi connectivity index (χ2n) is 8.38. The zero-order valence-corrected chi connectivity index (χ0v) is 19.8. The Bertz CT molecular complexity index is 1240. The number of aromatic nitrogens is 7. The van der Waals surface area contributed by atoms with Crippen LogP contribution in [-0.4, -0.2) is 73.9 Å². The summed E-state index contributed by atoms with van der Waals surface area (Å²) in [5.74, 6) is 2.26. The van der Waals surface area contributed by atoms with Gasteiger partial charge in [0.1, 0.15) is 12.1 Å². The molecule has 0 spiro atoms. The highest BCUT2D eigenvalue weighted by atomic mass is 16.5. The van der Waals surface area contributed by atoms with Crippen LogP contribution in [0.15, 0.2) is 61.8 Å². The number of piperazine rings is 1. The van der Waals surface area contributed by atoms with E-state index in [1.807, 2.05) is 73.0 Å². The van der Waals surface area contributed by atoms with Gasteiger partial charge in [0, 0.05) is 75.7 Å². The Labute approximate surface area is 204 Å². The van der Waals surface area contributed by atoms with Crippen LogP contribution in [0, 0.1) is 6.92 Å². The van der Waals surface area contributed by atoms with E-state index in [9.17, 15) is 0 Å². The molecule has 0 aliphatic carbocycles. The zero-order valence-electron chi connectivity index (χ0n) is 19.8. The normalized spacial score (nSPS) is 16.2. The number of rotatable bonds is 7. The van der Waals surface area contributed by atoms with E-state index in [0.717, 1.165) is 48.1 Å². The molecule has 1 aliphatic rings. The Morgan fingerprint density at radius 3 is 2.34 bits per heavy atom. The van der Waals surface area contributed by atoms with E-state index in [2.05, 4.69) is 39.7 Å². The quantitative estimate of drug-likeness (QED) is 0.404. The smallest absolute Gasteiger partial charge is 0.225 e. The molecule has 0 amide bonds. The van der Waals surface area contributed by atoms with Crippen molar-refractivity contribution in [2.75, 3.05) is 43.2 Å². The molecule has 178 valence electrons. The van der Waals surface area contributed by atoms with E-state index in [0.29, 0.717) is 12.6 Å². The van der Waals surface area contributed by atoms with E-state index in [1.165, 1.54) is 0 Å². The first kappa shape index (κ1) is 22.6. The lowest BCUT2D eigenvalue weighted by molar-refractivity contribution is 0.173. The van der Waals surface area contributed by atoms with Crippen molar-refractivity contribution in [3.63, 3.8) is 0 Å². The predicted octanol–water partition coefficient (Wildman–Crippen LogP) is 2.67. The van der Waals surface area contributed by atoms with Crippen molar-refractivity contribution in [3.8, 4) is 5.82 Å². The number of methoxy groups -OCH3 is 1. The standard InChI is InChI=1S/C25H27N9O/c1-19-11-28-24(29-12-19)32-9-10-34(22(16-32)17-35-2)25-30-14-21(15-31-25)4-3-20-5-6-23(27-13-20)33-8-7-26-18-33/h3-8,11-15,18,22H,9-10,16-17H2,1-2H3/b4-3+/t22-/m1/s1. The van der Waals surface area contributed by atoms with Crippen molar-refractivity contribution in [2.24, 2.45) is 0 Å². The lowest BCUT2D eigenvalue weighted by atomic mass is 10.2. The highest BCUT2D eigenvalue weighted by molar-refractivity contribution is 5.68. The van der Waals surface area contributed by atoms with Gasteiger partial charge in [0.15, 0.2) is 0 Å². The SMILES string of the molecule is COC[C@H]1CN(c2ncc(C)cn2)CCN1c1ncc(/C=C/c2ccc(-n3ccnc3)nc2)cn1. The van der Waals surface area contributed by atoms with Gasteiger partial charge in [-0.1, -0.05) is 12.2 Å². The maximum Gasteiger partial charge on any atom is 0.225 e. The summed E-state index contributed by atoms with van der Waals surface area (Å²) in [4.78, 5) is 31.1. The number of pyridine rings is 1. The third-order valence-corrected chi connectivity index (χ3v) is 5.81. The summed E-state index contributed by atoms with van der Waals surface area (Å²) < 4.78 is 7.36. The second-order valence-corrected chi connectivity index (χ2v) is 8.38. The van der Waals surface area contributed by atoms with Gasteiger partial charge in [0.2, 0.25) is 11.9 Å². The molecule has 0 aromatic carbocycles. The van der Waals surface area contributed by atoms with Gasteiger partial charge in [-0.2, -0.15) is 0 Å². The monoisotopic (exact) mass is 469 g/mol. The number of hydrogen-bond acceptors (Lipinski definition) is 9. The van der Waals surface area contributed by atoms with Gasteiger partial charge < -0.3 is 14.5 Å². The van der Waals surface area contributed by atoms with Crippen molar-refractivity contribution in [1.29, 1.82) is 0 Å². The fraction of sp³-hybridized carbons (Fsp3) is 0.280. The van der Waals surface area contributed by atoms with Crippen LogP contribution >= 0.6 is 0 Å². The molecule has 1 saturated heterocycles. The Kier molecular flexibility index (Phi) is 6.71. The van der Waals surface area contributed by atoms with Crippen LogP contribution in [0.4, 0.5) is 11.9 Å². The molecule has 1 aliphatic heterocycles. The number of anilines is 2. The molecular weight excluding hydrogens is 442 g/mol. The van der Waals surface area contributed by atoms with Crippen molar-refractivity contribution in [1.82, 2.24) is 34.5 Å². The number of ether oxygens (including phenoxy) is 1. The summed E-state index contributed by atoms with van der Waals surface area (Å²) in [5.41, 5.74) is 2.96. The maximum absolute atomic E-state index is 5.49. The topological polar surface area (TPSA) is 98.0 Å². The van der Waals surface area contributed by atoms with Crippen LogP contribution in [0.5, 0.6) is 0 Å². The van der Waals surface area contributed by atoms with Crippen molar-refractivity contribution < 1.29 is 4.74 Å². The molecule has 10 heteroatoms. The van der Waals surface area contributed by atoms with Gasteiger partial charge in [-0.25, -0.2) is 29.9 Å². The Balaban J connectivity index is 1.24. The molecule has 35 heavy (non-hydrogen) atoms. The first-order chi connectivity index (χ1) is 17.2. The molecule has 0 unspecified atom stereocenters. The molecule has 10 nitrogen and oxygen atoms in total. The van der Waals surface area contributed by atoms with E-state index < -0.39 is 0 Å². The Hall–Kier alpha value is -4.18. The average molecular weight is 470 g/mol. The van der Waals surface area contributed by atoms with Crippen LogP contribution in [-0.2, 0) is 4.74 Å². The summed E-state index contributed by atoms with van der Waals surface area (Å²) in [5, 5.41) is 0. The van der Waals surface area contributed by atoms with Crippen LogP contribution in [0.1, 0.15) is 16.7 Å². The summed E-state index contributed by atoms with van der Waals surface area (Å²) in [6.07, 6.45) is 18.5. The fourth-order valence-electron chi connectivity index (χ4n) is 3.99. The molecule has 4 aromatic heterocycles. The number of hydrogen-bond donors (Lipinski definition) is 0. The minimum atomic E-state index is 0.0973. The summed E-state index contributed by atoms with van der Waals surface area (Å²) in [6, 6.07) is 4.07. The average Bonchev–Trinajstić information content (AvgIpc) is 3.44. The van der Waals surface area contributed by atoms with Gasteiger partial charge in [-0.3, -0.25) is 4.57 Å². The van der Waals surface area contributed by atoms with Crippen LogP contribution < -0.4 is 9.80 Å². The molecule has 1 atom stereocenters. The minimum absolute atomic E-state index is 0.0973. The minimum Gasteiger partial charge on any atom is -0.382 e.